The molecule has 0 heterocycles. The summed E-state index contributed by atoms with van der Waals surface area (Å²) in [6.45, 7) is 1.95. The lowest BCUT2D eigenvalue weighted by molar-refractivity contribution is -0.384. The Morgan fingerprint density at radius 2 is 2.10 bits per heavy atom. The Balaban J connectivity index is 2.24. The maximum atomic E-state index is 13.7. The molecule has 0 fully saturated rings. The van der Waals surface area contributed by atoms with Crippen molar-refractivity contribution in [1.29, 1.82) is 0 Å². The zero-order valence-electron chi connectivity index (χ0n) is 10.7. The van der Waals surface area contributed by atoms with E-state index in [2.05, 4.69) is 5.32 Å². The molecule has 0 saturated carbocycles. The Kier molecular flexibility index (Phi) is 4.20. The van der Waals surface area contributed by atoms with Crippen molar-refractivity contribution < 1.29 is 9.31 Å². The lowest BCUT2D eigenvalue weighted by atomic mass is 10.1. The van der Waals surface area contributed by atoms with E-state index in [1.807, 2.05) is 6.92 Å². The first kappa shape index (κ1) is 14.3. The third-order valence-corrected chi connectivity index (χ3v) is 3.14. The van der Waals surface area contributed by atoms with Gasteiger partial charge in [0.1, 0.15) is 11.5 Å². The van der Waals surface area contributed by atoms with Crippen LogP contribution in [0.3, 0.4) is 0 Å². The third kappa shape index (κ3) is 3.05. The Labute approximate surface area is 120 Å². The van der Waals surface area contributed by atoms with E-state index in [4.69, 9.17) is 11.6 Å². The Morgan fingerprint density at radius 1 is 1.35 bits per heavy atom. The van der Waals surface area contributed by atoms with Crippen LogP contribution in [0.4, 0.5) is 15.8 Å². The largest absolute Gasteiger partial charge is 0.375 e. The van der Waals surface area contributed by atoms with Gasteiger partial charge in [0.15, 0.2) is 0 Å². The molecular weight excluding hydrogens is 283 g/mol. The molecule has 0 aliphatic carbocycles. The fraction of sp³-hybridized carbons (Fsp3) is 0.143. The smallest absolute Gasteiger partial charge is 0.292 e. The van der Waals surface area contributed by atoms with Gasteiger partial charge < -0.3 is 5.32 Å². The van der Waals surface area contributed by atoms with Gasteiger partial charge in [0.2, 0.25) is 0 Å². The molecule has 1 N–H and O–H groups in total. The fourth-order valence-corrected chi connectivity index (χ4v) is 2.02. The Bertz CT molecular complexity index is 662. The number of nitrogens with zero attached hydrogens (tertiary/aromatic N) is 1. The first-order chi connectivity index (χ1) is 9.49. The first-order valence-electron chi connectivity index (χ1n) is 5.91. The monoisotopic (exact) mass is 294 g/mol. The predicted molar refractivity (Wildman–Crippen MR) is 76.6 cm³/mol. The van der Waals surface area contributed by atoms with E-state index in [-0.39, 0.29) is 17.3 Å². The Hall–Kier alpha value is -2.14. The summed E-state index contributed by atoms with van der Waals surface area (Å²) in [6.07, 6.45) is 0. The third-order valence-electron chi connectivity index (χ3n) is 2.85. The quantitative estimate of drug-likeness (QED) is 0.675. The van der Waals surface area contributed by atoms with Crippen LogP contribution in [-0.2, 0) is 6.54 Å². The van der Waals surface area contributed by atoms with E-state index < -0.39 is 10.7 Å². The van der Waals surface area contributed by atoms with Crippen molar-refractivity contribution in [2.75, 3.05) is 5.32 Å². The number of hydrogen-bond donors (Lipinski definition) is 1. The van der Waals surface area contributed by atoms with Gasteiger partial charge in [-0.1, -0.05) is 29.8 Å². The zero-order chi connectivity index (χ0) is 14.7. The normalized spacial score (nSPS) is 10.3. The van der Waals surface area contributed by atoms with Crippen molar-refractivity contribution in [3.8, 4) is 0 Å². The van der Waals surface area contributed by atoms with Crippen molar-refractivity contribution >= 4 is 23.0 Å². The Morgan fingerprint density at radius 3 is 2.80 bits per heavy atom. The van der Waals surface area contributed by atoms with E-state index in [9.17, 15) is 14.5 Å². The van der Waals surface area contributed by atoms with E-state index in [0.717, 1.165) is 5.56 Å². The number of hydrogen-bond acceptors (Lipinski definition) is 3. The number of nitro benzene ring substituents is 1. The van der Waals surface area contributed by atoms with Crippen LogP contribution >= 0.6 is 11.6 Å². The summed E-state index contributed by atoms with van der Waals surface area (Å²) in [4.78, 5) is 10.5. The molecule has 20 heavy (non-hydrogen) atoms. The van der Waals surface area contributed by atoms with E-state index in [0.29, 0.717) is 11.3 Å². The zero-order valence-corrected chi connectivity index (χ0v) is 11.4. The van der Waals surface area contributed by atoms with Crippen molar-refractivity contribution in [2.24, 2.45) is 0 Å². The molecule has 0 atom stereocenters. The van der Waals surface area contributed by atoms with Crippen molar-refractivity contribution in [1.82, 2.24) is 0 Å². The van der Waals surface area contributed by atoms with Crippen LogP contribution in [0.2, 0.25) is 5.02 Å². The molecule has 0 amide bonds. The lowest BCUT2D eigenvalue weighted by Gasteiger charge is -2.09. The topological polar surface area (TPSA) is 55.2 Å². The molecule has 0 spiro atoms. The van der Waals surface area contributed by atoms with Gasteiger partial charge >= 0.3 is 0 Å². The highest BCUT2D eigenvalue weighted by Crippen LogP contribution is 2.26. The van der Waals surface area contributed by atoms with Gasteiger partial charge in [-0.3, -0.25) is 10.1 Å². The number of benzene rings is 2. The second-order valence-corrected chi connectivity index (χ2v) is 4.75. The second kappa shape index (κ2) is 5.88. The van der Waals surface area contributed by atoms with Gasteiger partial charge in [0, 0.05) is 18.2 Å². The molecule has 0 aliphatic heterocycles. The molecule has 0 aliphatic rings. The summed E-state index contributed by atoms with van der Waals surface area (Å²) in [5, 5.41) is 13.8. The van der Waals surface area contributed by atoms with Crippen LogP contribution in [0, 0.1) is 22.9 Å². The molecule has 6 heteroatoms. The number of aryl methyl sites for hydroxylation is 1. The van der Waals surface area contributed by atoms with Crippen LogP contribution in [0.1, 0.15) is 11.1 Å². The van der Waals surface area contributed by atoms with Crippen LogP contribution in [-0.4, -0.2) is 4.92 Å². The molecule has 2 aromatic carbocycles. The highest BCUT2D eigenvalue weighted by molar-refractivity contribution is 6.30. The molecule has 0 radical (unpaired) electrons. The summed E-state index contributed by atoms with van der Waals surface area (Å²) >= 11 is 5.69. The molecule has 0 unspecified atom stereocenters. The standard InChI is InChI=1S/C14H12ClFN2O2/c1-9-5-6-13(18(19)20)12(7-9)17-8-10-3-2-4-11(15)14(10)16/h2-7,17H,8H2,1H3. The van der Waals surface area contributed by atoms with Gasteiger partial charge in [-0.05, 0) is 24.6 Å². The minimum absolute atomic E-state index is 0.0306. The summed E-state index contributed by atoms with van der Waals surface area (Å²) in [5.74, 6) is -0.517. The van der Waals surface area contributed by atoms with Crippen molar-refractivity contribution in [3.05, 3.63) is 68.5 Å². The molecule has 0 saturated heterocycles. The highest BCUT2D eigenvalue weighted by Gasteiger charge is 2.14. The van der Waals surface area contributed by atoms with Gasteiger partial charge in [-0.15, -0.1) is 0 Å². The number of anilines is 1. The van der Waals surface area contributed by atoms with E-state index in [1.54, 1.807) is 24.3 Å². The minimum atomic E-state index is -0.517. The molecule has 104 valence electrons. The fourth-order valence-electron chi connectivity index (χ4n) is 1.83. The second-order valence-electron chi connectivity index (χ2n) is 4.34. The highest BCUT2D eigenvalue weighted by atomic mass is 35.5. The molecule has 4 nitrogen and oxygen atoms in total. The van der Waals surface area contributed by atoms with E-state index in [1.165, 1.54) is 12.1 Å². The minimum Gasteiger partial charge on any atom is -0.375 e. The van der Waals surface area contributed by atoms with Crippen LogP contribution < -0.4 is 5.32 Å². The molecule has 2 rings (SSSR count). The SMILES string of the molecule is Cc1ccc([N+](=O)[O-])c(NCc2cccc(Cl)c2F)c1. The molecule has 0 aromatic heterocycles. The van der Waals surface area contributed by atoms with Crippen molar-refractivity contribution in [2.45, 2.75) is 13.5 Å². The maximum absolute atomic E-state index is 13.7. The van der Waals surface area contributed by atoms with Crippen LogP contribution in [0.5, 0.6) is 0 Å². The lowest BCUT2D eigenvalue weighted by Crippen LogP contribution is -2.04. The average Bonchev–Trinajstić information content (AvgIpc) is 2.40. The molecule has 2 aromatic rings. The number of nitro groups is 1. The van der Waals surface area contributed by atoms with Gasteiger partial charge in [0.05, 0.1) is 9.95 Å². The molecular formula is C14H12ClFN2O2. The van der Waals surface area contributed by atoms with Gasteiger partial charge in [-0.25, -0.2) is 4.39 Å². The van der Waals surface area contributed by atoms with E-state index >= 15 is 0 Å². The van der Waals surface area contributed by atoms with Crippen LogP contribution in [0.25, 0.3) is 0 Å². The van der Waals surface area contributed by atoms with Gasteiger partial charge in [0.25, 0.3) is 5.69 Å². The summed E-state index contributed by atoms with van der Waals surface area (Å²) in [7, 11) is 0. The number of halogens is 2. The number of nitrogens with one attached hydrogen (secondary N) is 1. The summed E-state index contributed by atoms with van der Waals surface area (Å²) in [5.41, 5.74) is 1.55. The van der Waals surface area contributed by atoms with Gasteiger partial charge in [-0.2, -0.15) is 0 Å². The average molecular weight is 295 g/mol. The predicted octanol–water partition coefficient (Wildman–Crippen LogP) is 4.31. The van der Waals surface area contributed by atoms with Crippen LogP contribution in [0.15, 0.2) is 36.4 Å². The van der Waals surface area contributed by atoms with Crippen molar-refractivity contribution in [3.63, 3.8) is 0 Å². The maximum Gasteiger partial charge on any atom is 0.292 e. The summed E-state index contributed by atoms with van der Waals surface area (Å²) in [6, 6.07) is 9.40. The molecule has 0 bridgehead atoms. The number of rotatable bonds is 4. The summed E-state index contributed by atoms with van der Waals surface area (Å²) < 4.78 is 13.7. The first-order valence-corrected chi connectivity index (χ1v) is 6.28.